The van der Waals surface area contributed by atoms with Crippen LogP contribution in [0.5, 0.6) is 0 Å². The first-order valence-electron chi connectivity index (χ1n) is 5.66. The van der Waals surface area contributed by atoms with Crippen molar-refractivity contribution < 1.29 is 14.7 Å². The lowest BCUT2D eigenvalue weighted by atomic mass is 10.3. The Morgan fingerprint density at radius 2 is 2.20 bits per heavy atom. The van der Waals surface area contributed by atoms with E-state index in [9.17, 15) is 9.59 Å². The minimum absolute atomic E-state index is 0.0300. The highest BCUT2D eigenvalue weighted by Crippen LogP contribution is 2.19. The number of hydrogen-bond acceptors (Lipinski definition) is 7. The molecule has 7 nitrogen and oxygen atoms in total. The molecule has 2 aromatic rings. The summed E-state index contributed by atoms with van der Waals surface area (Å²) in [6.45, 7) is 2.10. The first-order valence-corrected chi connectivity index (χ1v) is 7.35. The van der Waals surface area contributed by atoms with Crippen LogP contribution in [0.25, 0.3) is 0 Å². The molecule has 9 heteroatoms. The lowest BCUT2D eigenvalue weighted by Gasteiger charge is -2.01. The number of nitrogens with two attached hydrogens (primary N) is 1. The van der Waals surface area contributed by atoms with Crippen molar-refractivity contribution in [3.05, 3.63) is 26.7 Å². The zero-order valence-corrected chi connectivity index (χ0v) is 12.2. The number of carbonyl (C=O) groups excluding carboxylic acids is 1. The number of nitrogens with zero attached hydrogens (tertiary/aromatic N) is 2. The van der Waals surface area contributed by atoms with Crippen molar-refractivity contribution in [3.8, 4) is 0 Å². The normalized spacial score (nSPS) is 10.4. The van der Waals surface area contributed by atoms with Crippen LogP contribution in [-0.2, 0) is 6.42 Å². The van der Waals surface area contributed by atoms with E-state index in [1.54, 1.807) is 6.92 Å². The van der Waals surface area contributed by atoms with Crippen LogP contribution in [0, 0.1) is 6.92 Å². The van der Waals surface area contributed by atoms with Gasteiger partial charge in [-0.15, -0.1) is 11.3 Å². The van der Waals surface area contributed by atoms with Crippen molar-refractivity contribution in [2.75, 3.05) is 12.3 Å². The van der Waals surface area contributed by atoms with Crippen molar-refractivity contribution >= 4 is 39.7 Å². The van der Waals surface area contributed by atoms with Gasteiger partial charge in [0, 0.05) is 18.3 Å². The zero-order chi connectivity index (χ0) is 14.7. The van der Waals surface area contributed by atoms with Crippen molar-refractivity contribution in [2.24, 2.45) is 0 Å². The van der Waals surface area contributed by atoms with Gasteiger partial charge in [0.2, 0.25) is 0 Å². The highest BCUT2D eigenvalue weighted by molar-refractivity contribution is 7.17. The van der Waals surface area contributed by atoms with E-state index in [4.69, 9.17) is 10.8 Å². The molecule has 0 atom stereocenters. The molecule has 0 fully saturated rings. The van der Waals surface area contributed by atoms with Gasteiger partial charge < -0.3 is 16.2 Å². The van der Waals surface area contributed by atoms with Crippen molar-refractivity contribution in [2.45, 2.75) is 13.3 Å². The molecule has 2 heterocycles. The fourth-order valence-electron chi connectivity index (χ4n) is 1.52. The van der Waals surface area contributed by atoms with E-state index in [0.717, 1.165) is 11.3 Å². The van der Waals surface area contributed by atoms with E-state index in [1.807, 2.05) is 0 Å². The molecule has 0 spiro atoms. The molecule has 0 saturated heterocycles. The summed E-state index contributed by atoms with van der Waals surface area (Å²) in [6.07, 6.45) is 0.483. The SMILES string of the molecule is Cc1nc(N)sc1C(=O)NCCc1nc(C(=O)O)cs1. The summed E-state index contributed by atoms with van der Waals surface area (Å²) in [5, 5.41) is 14.0. The van der Waals surface area contributed by atoms with Crippen molar-refractivity contribution in [1.29, 1.82) is 0 Å². The molecular weight excluding hydrogens is 300 g/mol. The predicted octanol–water partition coefficient (Wildman–Crippen LogP) is 1.16. The molecule has 4 N–H and O–H groups in total. The number of thiazole rings is 2. The zero-order valence-electron chi connectivity index (χ0n) is 10.5. The lowest BCUT2D eigenvalue weighted by molar-refractivity contribution is 0.0690. The van der Waals surface area contributed by atoms with Crippen LogP contribution in [0.4, 0.5) is 5.13 Å². The average Bonchev–Trinajstić information content (AvgIpc) is 2.96. The molecule has 0 aromatic carbocycles. The van der Waals surface area contributed by atoms with Crippen LogP contribution >= 0.6 is 22.7 Å². The molecule has 2 aromatic heterocycles. The van der Waals surface area contributed by atoms with Crippen LogP contribution in [0.2, 0.25) is 0 Å². The van der Waals surface area contributed by atoms with Crippen molar-refractivity contribution in [3.63, 3.8) is 0 Å². The predicted molar refractivity (Wildman–Crippen MR) is 76.4 cm³/mol. The fourth-order valence-corrected chi connectivity index (χ4v) is 3.04. The van der Waals surface area contributed by atoms with Crippen LogP contribution in [-0.4, -0.2) is 33.5 Å². The van der Waals surface area contributed by atoms with Crippen LogP contribution in [0.3, 0.4) is 0 Å². The number of rotatable bonds is 5. The molecule has 0 aliphatic rings. The Bertz CT molecular complexity index is 650. The molecule has 2 rings (SSSR count). The third-order valence-electron chi connectivity index (χ3n) is 2.41. The number of carboxylic acid groups (broad SMARTS) is 1. The molecule has 106 valence electrons. The van der Waals surface area contributed by atoms with Gasteiger partial charge in [0.1, 0.15) is 4.88 Å². The molecule has 0 aliphatic heterocycles. The minimum atomic E-state index is -1.05. The highest BCUT2D eigenvalue weighted by Gasteiger charge is 2.14. The third-order valence-corrected chi connectivity index (χ3v) is 4.31. The molecule has 0 unspecified atom stereocenters. The number of aromatic nitrogens is 2. The first kappa shape index (κ1) is 14.4. The van der Waals surface area contributed by atoms with E-state index in [2.05, 4.69) is 15.3 Å². The monoisotopic (exact) mass is 312 g/mol. The molecule has 1 amide bonds. The summed E-state index contributed by atoms with van der Waals surface area (Å²) in [5.41, 5.74) is 6.17. The van der Waals surface area contributed by atoms with Gasteiger partial charge in [-0.05, 0) is 6.92 Å². The summed E-state index contributed by atoms with van der Waals surface area (Å²) in [4.78, 5) is 31.0. The number of nitrogen functional groups attached to an aromatic ring is 1. The van der Waals surface area contributed by atoms with E-state index < -0.39 is 5.97 Å². The van der Waals surface area contributed by atoms with E-state index in [1.165, 1.54) is 16.7 Å². The second-order valence-corrected chi connectivity index (χ2v) is 5.88. The van der Waals surface area contributed by atoms with E-state index in [0.29, 0.717) is 33.7 Å². The maximum Gasteiger partial charge on any atom is 0.355 e. The number of aromatic carboxylic acids is 1. The number of hydrogen-bond donors (Lipinski definition) is 3. The van der Waals surface area contributed by atoms with Gasteiger partial charge in [0.05, 0.1) is 10.7 Å². The topological polar surface area (TPSA) is 118 Å². The Morgan fingerprint density at radius 3 is 2.75 bits per heavy atom. The van der Waals surface area contributed by atoms with Crippen LogP contribution in [0.15, 0.2) is 5.38 Å². The summed E-state index contributed by atoms with van der Waals surface area (Å²) < 4.78 is 0. The number of aryl methyl sites for hydroxylation is 1. The maximum atomic E-state index is 11.9. The number of nitrogens with one attached hydrogen (secondary N) is 1. The Hall–Kier alpha value is -2.00. The minimum Gasteiger partial charge on any atom is -0.476 e. The van der Waals surface area contributed by atoms with Gasteiger partial charge in [-0.1, -0.05) is 11.3 Å². The molecule has 0 radical (unpaired) electrons. The second kappa shape index (κ2) is 5.97. The number of anilines is 1. The molecular formula is C11H12N4O3S2. The summed E-state index contributed by atoms with van der Waals surface area (Å²) in [6, 6.07) is 0. The largest absolute Gasteiger partial charge is 0.476 e. The summed E-state index contributed by atoms with van der Waals surface area (Å²) in [5.74, 6) is -1.28. The van der Waals surface area contributed by atoms with Gasteiger partial charge in [0.25, 0.3) is 5.91 Å². The summed E-state index contributed by atoms with van der Waals surface area (Å²) >= 11 is 2.40. The van der Waals surface area contributed by atoms with Gasteiger partial charge in [0.15, 0.2) is 10.8 Å². The average molecular weight is 312 g/mol. The van der Waals surface area contributed by atoms with Gasteiger partial charge in [-0.2, -0.15) is 0 Å². The van der Waals surface area contributed by atoms with Crippen molar-refractivity contribution in [1.82, 2.24) is 15.3 Å². The standard InChI is InChI=1S/C11H12N4O3S2/c1-5-8(20-11(12)14-5)9(16)13-3-2-7-15-6(4-19-7)10(17)18/h4H,2-3H2,1H3,(H2,12,14)(H,13,16)(H,17,18). The van der Waals surface area contributed by atoms with Gasteiger partial charge in [-0.3, -0.25) is 4.79 Å². The molecule has 0 aliphatic carbocycles. The Labute approximate surface area is 122 Å². The Kier molecular flexibility index (Phi) is 4.30. The van der Waals surface area contributed by atoms with Gasteiger partial charge in [-0.25, -0.2) is 14.8 Å². The fraction of sp³-hybridized carbons (Fsp3) is 0.273. The van der Waals surface area contributed by atoms with Crippen LogP contribution < -0.4 is 11.1 Å². The molecule has 0 bridgehead atoms. The Balaban J connectivity index is 1.87. The smallest absolute Gasteiger partial charge is 0.355 e. The molecule has 20 heavy (non-hydrogen) atoms. The second-order valence-electron chi connectivity index (χ2n) is 3.90. The number of amides is 1. The number of carbonyl (C=O) groups is 2. The Morgan fingerprint density at radius 1 is 1.45 bits per heavy atom. The lowest BCUT2D eigenvalue weighted by Crippen LogP contribution is -2.25. The number of carboxylic acids is 1. The third kappa shape index (κ3) is 3.31. The highest BCUT2D eigenvalue weighted by atomic mass is 32.1. The maximum absolute atomic E-state index is 11.9. The molecule has 0 saturated carbocycles. The van der Waals surface area contributed by atoms with E-state index in [-0.39, 0.29) is 11.6 Å². The van der Waals surface area contributed by atoms with Gasteiger partial charge >= 0.3 is 5.97 Å². The van der Waals surface area contributed by atoms with E-state index >= 15 is 0 Å². The summed E-state index contributed by atoms with van der Waals surface area (Å²) in [7, 11) is 0. The quantitative estimate of drug-likeness (QED) is 0.762. The first-order chi connectivity index (χ1) is 9.47. The van der Waals surface area contributed by atoms with Crippen LogP contribution in [0.1, 0.15) is 30.9 Å².